The van der Waals surface area contributed by atoms with Gasteiger partial charge in [0.05, 0.1) is 5.56 Å². The molecular weight excluding hydrogens is 388 g/mol. The molecule has 0 bridgehead atoms. The van der Waals surface area contributed by atoms with Crippen LogP contribution in [-0.4, -0.2) is 28.0 Å². The van der Waals surface area contributed by atoms with E-state index in [1.54, 1.807) is 17.0 Å². The van der Waals surface area contributed by atoms with E-state index in [9.17, 15) is 27.2 Å². The normalized spacial score (nSPS) is 14.9. The molecule has 4 nitrogen and oxygen atoms in total. The van der Waals surface area contributed by atoms with Gasteiger partial charge >= 0.3 is 6.18 Å². The lowest BCUT2D eigenvalue weighted by molar-refractivity contribution is -0.139. The van der Waals surface area contributed by atoms with E-state index in [4.69, 9.17) is 0 Å². The molecule has 2 aromatic rings. The molecular formula is C21H22F4N2O2. The van der Waals surface area contributed by atoms with Gasteiger partial charge in [-0.3, -0.25) is 9.59 Å². The molecule has 0 N–H and O–H groups in total. The van der Waals surface area contributed by atoms with Crippen molar-refractivity contribution in [2.24, 2.45) is 0 Å². The van der Waals surface area contributed by atoms with Gasteiger partial charge in [0.1, 0.15) is 12.4 Å². The molecule has 0 radical (unpaired) electrons. The van der Waals surface area contributed by atoms with Crippen molar-refractivity contribution in [3.63, 3.8) is 0 Å². The first kappa shape index (κ1) is 21.1. The summed E-state index contributed by atoms with van der Waals surface area (Å²) in [6.45, 7) is -0.0779. The fourth-order valence-electron chi connectivity index (χ4n) is 3.69. The summed E-state index contributed by atoms with van der Waals surface area (Å²) in [6, 6.07) is 7.53. The summed E-state index contributed by atoms with van der Waals surface area (Å²) in [4.78, 5) is 26.5. The van der Waals surface area contributed by atoms with Crippen molar-refractivity contribution in [2.75, 3.05) is 6.54 Å². The van der Waals surface area contributed by atoms with E-state index < -0.39 is 23.8 Å². The van der Waals surface area contributed by atoms with Crippen LogP contribution in [0.4, 0.5) is 17.6 Å². The van der Waals surface area contributed by atoms with Gasteiger partial charge in [-0.25, -0.2) is 4.39 Å². The highest BCUT2D eigenvalue weighted by atomic mass is 19.4. The van der Waals surface area contributed by atoms with E-state index in [1.165, 1.54) is 12.1 Å². The van der Waals surface area contributed by atoms with E-state index in [0.717, 1.165) is 41.9 Å². The van der Waals surface area contributed by atoms with Crippen molar-refractivity contribution in [3.05, 3.63) is 69.9 Å². The maximum Gasteiger partial charge on any atom is 0.417 e. The third-order valence-corrected chi connectivity index (χ3v) is 5.26. The molecule has 1 aliphatic rings. The van der Waals surface area contributed by atoms with E-state index in [0.29, 0.717) is 25.2 Å². The summed E-state index contributed by atoms with van der Waals surface area (Å²) in [6.07, 6.45) is 0.210. The highest BCUT2D eigenvalue weighted by Crippen LogP contribution is 2.28. The van der Waals surface area contributed by atoms with E-state index in [2.05, 4.69) is 0 Å². The number of alkyl halides is 3. The summed E-state index contributed by atoms with van der Waals surface area (Å²) in [5, 5.41) is 0. The molecule has 1 amide bonds. The van der Waals surface area contributed by atoms with Crippen LogP contribution in [0.1, 0.15) is 36.8 Å². The number of carbonyl (C=O) groups excluding carboxylic acids is 1. The number of halogens is 4. The van der Waals surface area contributed by atoms with Crippen LogP contribution in [0.5, 0.6) is 0 Å². The van der Waals surface area contributed by atoms with Gasteiger partial charge in [-0.2, -0.15) is 13.2 Å². The number of rotatable bonds is 6. The number of nitrogens with zero attached hydrogens (tertiary/aromatic N) is 2. The molecule has 0 saturated heterocycles. The van der Waals surface area contributed by atoms with Gasteiger partial charge in [0, 0.05) is 24.8 Å². The van der Waals surface area contributed by atoms with Crippen molar-refractivity contribution in [1.82, 2.24) is 9.47 Å². The Morgan fingerprint density at radius 3 is 2.34 bits per heavy atom. The highest BCUT2D eigenvalue weighted by Gasteiger charge is 2.32. The minimum Gasteiger partial charge on any atom is -0.338 e. The molecule has 29 heavy (non-hydrogen) atoms. The SMILES string of the molecule is O=C(Cn1cc(C(F)(F)F)ccc1=O)N(CCc1ccc(F)cc1)C1CCCC1. The fourth-order valence-corrected chi connectivity index (χ4v) is 3.69. The van der Waals surface area contributed by atoms with Crippen molar-refractivity contribution in [1.29, 1.82) is 0 Å². The number of hydrogen-bond acceptors (Lipinski definition) is 2. The number of carbonyl (C=O) groups is 1. The second-order valence-electron chi connectivity index (χ2n) is 7.28. The highest BCUT2D eigenvalue weighted by molar-refractivity contribution is 5.76. The van der Waals surface area contributed by atoms with Crippen LogP contribution >= 0.6 is 0 Å². The lowest BCUT2D eigenvalue weighted by atomic mass is 10.1. The van der Waals surface area contributed by atoms with Gasteiger partial charge in [0.15, 0.2) is 0 Å². The van der Waals surface area contributed by atoms with Gasteiger partial charge in [-0.15, -0.1) is 0 Å². The Hall–Kier alpha value is -2.64. The summed E-state index contributed by atoms with van der Waals surface area (Å²) in [5.74, 6) is -0.734. The van der Waals surface area contributed by atoms with Gasteiger partial charge in [-0.05, 0) is 43.0 Å². The Labute approximate surface area is 165 Å². The molecule has 1 heterocycles. The van der Waals surface area contributed by atoms with Gasteiger partial charge in [-0.1, -0.05) is 25.0 Å². The zero-order valence-electron chi connectivity index (χ0n) is 15.8. The van der Waals surface area contributed by atoms with Crippen LogP contribution < -0.4 is 5.56 Å². The standard InChI is InChI=1S/C21H22F4N2O2/c22-17-8-5-15(6-9-17)11-12-27(18-3-1-2-4-18)20(29)14-26-13-16(21(23,24)25)7-10-19(26)28/h5-10,13,18H,1-4,11-12,14H2. The first-order valence-corrected chi connectivity index (χ1v) is 9.55. The molecule has 156 valence electrons. The van der Waals surface area contributed by atoms with Crippen molar-refractivity contribution in [3.8, 4) is 0 Å². The maximum atomic E-state index is 13.1. The maximum absolute atomic E-state index is 13.1. The summed E-state index contributed by atoms with van der Waals surface area (Å²) < 4.78 is 52.7. The summed E-state index contributed by atoms with van der Waals surface area (Å²) in [5.41, 5.74) is -0.765. The van der Waals surface area contributed by atoms with E-state index >= 15 is 0 Å². The minimum atomic E-state index is -4.59. The molecule has 1 aromatic carbocycles. The average Bonchev–Trinajstić information content (AvgIpc) is 3.18. The first-order valence-electron chi connectivity index (χ1n) is 9.55. The Kier molecular flexibility index (Phi) is 6.39. The number of benzene rings is 1. The Bertz CT molecular complexity index is 900. The molecule has 1 fully saturated rings. The minimum absolute atomic E-state index is 0.00412. The van der Waals surface area contributed by atoms with Crippen LogP contribution in [0, 0.1) is 5.82 Å². The molecule has 0 spiro atoms. The predicted molar refractivity (Wildman–Crippen MR) is 99.8 cm³/mol. The zero-order chi connectivity index (χ0) is 21.0. The van der Waals surface area contributed by atoms with Gasteiger partial charge in [0.25, 0.3) is 5.56 Å². The topological polar surface area (TPSA) is 42.3 Å². The zero-order valence-corrected chi connectivity index (χ0v) is 15.8. The molecule has 3 rings (SSSR count). The Balaban J connectivity index is 1.76. The third-order valence-electron chi connectivity index (χ3n) is 5.26. The molecule has 0 unspecified atom stereocenters. The van der Waals surface area contributed by atoms with Crippen LogP contribution in [-0.2, 0) is 23.9 Å². The fraction of sp³-hybridized carbons (Fsp3) is 0.429. The molecule has 8 heteroatoms. The van der Waals surface area contributed by atoms with E-state index in [-0.39, 0.29) is 17.8 Å². The van der Waals surface area contributed by atoms with Crippen LogP contribution in [0.3, 0.4) is 0 Å². The van der Waals surface area contributed by atoms with E-state index in [1.807, 2.05) is 0 Å². The second-order valence-corrected chi connectivity index (χ2v) is 7.28. The smallest absolute Gasteiger partial charge is 0.338 e. The van der Waals surface area contributed by atoms with Gasteiger partial charge < -0.3 is 9.47 Å². The predicted octanol–water partition coefficient (Wildman–Crippen LogP) is 4.02. The molecule has 1 aliphatic carbocycles. The largest absolute Gasteiger partial charge is 0.417 e. The molecule has 0 aliphatic heterocycles. The van der Waals surface area contributed by atoms with Crippen molar-refractivity contribution in [2.45, 2.75) is 50.9 Å². The second kappa shape index (κ2) is 8.80. The van der Waals surface area contributed by atoms with Crippen molar-refractivity contribution >= 4 is 5.91 Å². The summed E-state index contributed by atoms with van der Waals surface area (Å²) >= 11 is 0. The summed E-state index contributed by atoms with van der Waals surface area (Å²) in [7, 11) is 0. The third kappa shape index (κ3) is 5.46. The molecule has 0 atom stereocenters. The lowest BCUT2D eigenvalue weighted by Gasteiger charge is -2.29. The van der Waals surface area contributed by atoms with Crippen molar-refractivity contribution < 1.29 is 22.4 Å². The lowest BCUT2D eigenvalue weighted by Crippen LogP contribution is -2.43. The van der Waals surface area contributed by atoms with Crippen LogP contribution in [0.15, 0.2) is 47.4 Å². The number of pyridine rings is 1. The van der Waals surface area contributed by atoms with Crippen LogP contribution in [0.2, 0.25) is 0 Å². The molecule has 1 saturated carbocycles. The Morgan fingerprint density at radius 1 is 1.07 bits per heavy atom. The monoisotopic (exact) mass is 410 g/mol. The number of amides is 1. The first-order chi connectivity index (χ1) is 13.7. The Morgan fingerprint density at radius 2 is 1.72 bits per heavy atom. The van der Waals surface area contributed by atoms with Crippen LogP contribution in [0.25, 0.3) is 0 Å². The molecule has 1 aromatic heterocycles. The van der Waals surface area contributed by atoms with Gasteiger partial charge in [0.2, 0.25) is 5.91 Å². The average molecular weight is 410 g/mol. The quantitative estimate of drug-likeness (QED) is 0.675. The number of aromatic nitrogens is 1. The number of hydrogen-bond donors (Lipinski definition) is 0.